The van der Waals surface area contributed by atoms with Crippen LogP contribution in [0.5, 0.6) is 0 Å². The van der Waals surface area contributed by atoms with Gasteiger partial charge < -0.3 is 4.79 Å². The van der Waals surface area contributed by atoms with Gasteiger partial charge in [-0.15, -0.1) is 0 Å². The van der Waals surface area contributed by atoms with E-state index in [1.165, 1.54) is 16.7 Å². The average molecular weight is 233 g/mol. The van der Waals surface area contributed by atoms with Gasteiger partial charge in [0.2, 0.25) is 0 Å². The van der Waals surface area contributed by atoms with Crippen LogP contribution in [-0.4, -0.2) is 24.8 Å². The maximum absolute atomic E-state index is 10.4. The van der Waals surface area contributed by atoms with Gasteiger partial charge >= 0.3 is 0 Å². The molecule has 94 valence electrons. The number of aldehydes is 1. The Balaban J connectivity index is 2.87. The lowest BCUT2D eigenvalue weighted by Gasteiger charge is -2.22. The van der Waals surface area contributed by atoms with Crippen molar-refractivity contribution in [3.05, 3.63) is 34.9 Å². The zero-order valence-electron chi connectivity index (χ0n) is 11.6. The van der Waals surface area contributed by atoms with Crippen LogP contribution in [0.3, 0.4) is 0 Å². The van der Waals surface area contributed by atoms with Gasteiger partial charge in [-0.3, -0.25) is 4.90 Å². The highest BCUT2D eigenvalue weighted by molar-refractivity contribution is 5.52. The van der Waals surface area contributed by atoms with Crippen LogP contribution in [0.2, 0.25) is 0 Å². The lowest BCUT2D eigenvalue weighted by molar-refractivity contribution is -0.108. The van der Waals surface area contributed by atoms with E-state index in [1.54, 1.807) is 0 Å². The van der Waals surface area contributed by atoms with E-state index in [9.17, 15) is 4.79 Å². The summed E-state index contributed by atoms with van der Waals surface area (Å²) in [5.41, 5.74) is 4.15. The highest BCUT2D eigenvalue weighted by Gasteiger charge is 2.14. The molecule has 17 heavy (non-hydrogen) atoms. The number of carbonyl (C=O) groups excluding carboxylic acids is 1. The SMILES string of the molecule is Cc1cc(C(C)(C)C)ccc1CN(C)CC=O. The molecule has 0 aliphatic heterocycles. The first-order valence-corrected chi connectivity index (χ1v) is 6.07. The second-order valence-electron chi connectivity index (χ2n) is 5.75. The Kier molecular flexibility index (Phi) is 4.47. The van der Waals surface area contributed by atoms with Gasteiger partial charge in [0, 0.05) is 6.54 Å². The van der Waals surface area contributed by atoms with E-state index < -0.39 is 0 Å². The molecule has 1 aromatic carbocycles. The summed E-state index contributed by atoms with van der Waals surface area (Å²) in [7, 11) is 1.96. The van der Waals surface area contributed by atoms with E-state index in [0.717, 1.165) is 12.8 Å². The van der Waals surface area contributed by atoms with Gasteiger partial charge in [0.25, 0.3) is 0 Å². The molecular formula is C15H23NO. The Bertz CT molecular complexity index is 390. The topological polar surface area (TPSA) is 20.3 Å². The summed E-state index contributed by atoms with van der Waals surface area (Å²) in [5.74, 6) is 0. The second kappa shape index (κ2) is 5.46. The van der Waals surface area contributed by atoms with E-state index in [-0.39, 0.29) is 5.41 Å². The molecule has 0 spiro atoms. The van der Waals surface area contributed by atoms with Crippen molar-refractivity contribution >= 4 is 6.29 Å². The van der Waals surface area contributed by atoms with Crippen LogP contribution in [0.1, 0.15) is 37.5 Å². The van der Waals surface area contributed by atoms with Gasteiger partial charge in [0.05, 0.1) is 6.54 Å². The lowest BCUT2D eigenvalue weighted by Crippen LogP contribution is -2.20. The predicted molar refractivity (Wildman–Crippen MR) is 72.3 cm³/mol. The zero-order valence-corrected chi connectivity index (χ0v) is 11.6. The summed E-state index contributed by atoms with van der Waals surface area (Å²) in [6, 6.07) is 6.62. The number of nitrogens with zero attached hydrogens (tertiary/aromatic N) is 1. The Morgan fingerprint density at radius 2 is 1.94 bits per heavy atom. The van der Waals surface area contributed by atoms with Crippen LogP contribution >= 0.6 is 0 Å². The Morgan fingerprint density at radius 1 is 1.29 bits per heavy atom. The van der Waals surface area contributed by atoms with Crippen molar-refractivity contribution in [3.8, 4) is 0 Å². The van der Waals surface area contributed by atoms with Crippen LogP contribution in [0, 0.1) is 6.92 Å². The zero-order chi connectivity index (χ0) is 13.1. The van der Waals surface area contributed by atoms with Crippen LogP contribution in [0.15, 0.2) is 18.2 Å². The van der Waals surface area contributed by atoms with Crippen molar-refractivity contribution < 1.29 is 4.79 Å². The maximum Gasteiger partial charge on any atom is 0.133 e. The Morgan fingerprint density at radius 3 is 2.41 bits per heavy atom. The Labute approximate surface area is 105 Å². The van der Waals surface area contributed by atoms with E-state index in [2.05, 4.69) is 45.9 Å². The van der Waals surface area contributed by atoms with Crippen LogP contribution in [0.25, 0.3) is 0 Å². The number of hydrogen-bond acceptors (Lipinski definition) is 2. The third-order valence-electron chi connectivity index (χ3n) is 3.04. The summed E-state index contributed by atoms with van der Waals surface area (Å²) in [5, 5.41) is 0. The normalized spacial score (nSPS) is 11.9. The molecule has 0 radical (unpaired) electrons. The first-order valence-electron chi connectivity index (χ1n) is 6.07. The number of aryl methyl sites for hydroxylation is 1. The summed E-state index contributed by atoms with van der Waals surface area (Å²) in [6.45, 7) is 10.1. The molecule has 1 rings (SSSR count). The molecule has 2 nitrogen and oxygen atoms in total. The highest BCUT2D eigenvalue weighted by Crippen LogP contribution is 2.24. The van der Waals surface area contributed by atoms with Crippen molar-refractivity contribution in [2.45, 2.75) is 39.7 Å². The first-order chi connectivity index (χ1) is 7.84. The third kappa shape index (κ3) is 3.97. The molecule has 0 saturated heterocycles. The molecule has 0 atom stereocenters. The quantitative estimate of drug-likeness (QED) is 0.745. The molecule has 2 heteroatoms. The molecule has 0 heterocycles. The van der Waals surface area contributed by atoms with Crippen molar-refractivity contribution in [2.75, 3.05) is 13.6 Å². The van der Waals surface area contributed by atoms with Crippen LogP contribution in [-0.2, 0) is 16.8 Å². The molecule has 0 fully saturated rings. The molecule has 0 amide bonds. The first kappa shape index (κ1) is 13.9. The minimum atomic E-state index is 0.192. The smallest absolute Gasteiger partial charge is 0.133 e. The van der Waals surface area contributed by atoms with Gasteiger partial charge in [0.15, 0.2) is 0 Å². The molecule has 0 aliphatic rings. The standard InChI is InChI=1S/C15H23NO/c1-12-10-14(15(2,3)4)7-6-13(12)11-16(5)8-9-17/h6-7,9-10H,8,11H2,1-5H3. The third-order valence-corrected chi connectivity index (χ3v) is 3.04. The van der Waals surface area contributed by atoms with Gasteiger partial charge in [-0.05, 0) is 36.1 Å². The highest BCUT2D eigenvalue weighted by atomic mass is 16.1. The van der Waals surface area contributed by atoms with Crippen molar-refractivity contribution in [1.29, 1.82) is 0 Å². The number of carbonyl (C=O) groups is 1. The van der Waals surface area contributed by atoms with Gasteiger partial charge in [-0.25, -0.2) is 0 Å². The fourth-order valence-electron chi connectivity index (χ4n) is 1.82. The average Bonchev–Trinajstić information content (AvgIpc) is 2.20. The van der Waals surface area contributed by atoms with E-state index in [0.29, 0.717) is 6.54 Å². The van der Waals surface area contributed by atoms with Crippen molar-refractivity contribution in [1.82, 2.24) is 4.90 Å². The number of likely N-dealkylation sites (N-methyl/N-ethyl adjacent to an activating group) is 1. The summed E-state index contributed by atoms with van der Waals surface area (Å²) in [4.78, 5) is 12.5. The fraction of sp³-hybridized carbons (Fsp3) is 0.533. The Hall–Kier alpha value is -1.15. The van der Waals surface area contributed by atoms with E-state index >= 15 is 0 Å². The number of benzene rings is 1. The van der Waals surface area contributed by atoms with E-state index in [4.69, 9.17) is 0 Å². The molecule has 0 aliphatic carbocycles. The molecular weight excluding hydrogens is 210 g/mol. The van der Waals surface area contributed by atoms with Gasteiger partial charge in [-0.1, -0.05) is 39.0 Å². The van der Waals surface area contributed by atoms with Crippen molar-refractivity contribution in [3.63, 3.8) is 0 Å². The predicted octanol–water partition coefficient (Wildman–Crippen LogP) is 2.92. The number of hydrogen-bond donors (Lipinski definition) is 0. The monoisotopic (exact) mass is 233 g/mol. The molecule has 0 bridgehead atoms. The van der Waals surface area contributed by atoms with E-state index in [1.807, 2.05) is 11.9 Å². The maximum atomic E-state index is 10.4. The minimum Gasteiger partial charge on any atom is -0.302 e. The molecule has 0 aromatic heterocycles. The summed E-state index contributed by atoms with van der Waals surface area (Å²) >= 11 is 0. The fourth-order valence-corrected chi connectivity index (χ4v) is 1.82. The minimum absolute atomic E-state index is 0.192. The largest absolute Gasteiger partial charge is 0.302 e. The lowest BCUT2D eigenvalue weighted by atomic mass is 9.85. The second-order valence-corrected chi connectivity index (χ2v) is 5.75. The summed E-state index contributed by atoms with van der Waals surface area (Å²) < 4.78 is 0. The van der Waals surface area contributed by atoms with Gasteiger partial charge in [-0.2, -0.15) is 0 Å². The molecule has 1 aromatic rings. The van der Waals surface area contributed by atoms with Crippen LogP contribution in [0.4, 0.5) is 0 Å². The van der Waals surface area contributed by atoms with Crippen LogP contribution < -0.4 is 0 Å². The van der Waals surface area contributed by atoms with Gasteiger partial charge in [0.1, 0.15) is 6.29 Å². The number of rotatable bonds is 4. The molecule has 0 saturated carbocycles. The molecule has 0 unspecified atom stereocenters. The van der Waals surface area contributed by atoms with Crippen molar-refractivity contribution in [2.24, 2.45) is 0 Å². The molecule has 0 N–H and O–H groups in total. The summed E-state index contributed by atoms with van der Waals surface area (Å²) in [6.07, 6.45) is 0.943.